The van der Waals surface area contributed by atoms with E-state index in [1.165, 1.54) is 0 Å². The molecule has 2 amide bonds. The molecule has 0 radical (unpaired) electrons. The molecule has 0 spiro atoms. The fraction of sp³-hybridized carbons (Fsp3) is 0.222. The molecule has 0 aromatic heterocycles. The Balaban J connectivity index is 1.75. The molecule has 2 aromatic rings. The van der Waals surface area contributed by atoms with Crippen LogP contribution in [0.3, 0.4) is 0 Å². The Bertz CT molecular complexity index is 797. The molecule has 6 nitrogen and oxygen atoms in total. The second-order valence-electron chi connectivity index (χ2n) is 5.63. The average Bonchev–Trinajstić information content (AvgIpc) is 2.60. The maximum Gasteiger partial charge on any atom is 0.262 e. The first kappa shape index (κ1) is 17.1. The van der Waals surface area contributed by atoms with Gasteiger partial charge in [-0.05, 0) is 30.3 Å². The van der Waals surface area contributed by atoms with Gasteiger partial charge in [-0.3, -0.25) is 9.59 Å². The molecule has 1 heterocycles. The van der Waals surface area contributed by atoms with Crippen LogP contribution >= 0.6 is 11.6 Å². The number of fused-ring (bicyclic) bond motifs is 1. The summed E-state index contributed by atoms with van der Waals surface area (Å²) in [5, 5.41) is 5.94. The molecule has 0 aliphatic carbocycles. The summed E-state index contributed by atoms with van der Waals surface area (Å²) in [7, 11) is 1.56. The molecule has 25 heavy (non-hydrogen) atoms. The number of carbonyl (C=O) groups excluding carboxylic acids is 2. The number of hydrogen-bond acceptors (Lipinski definition) is 4. The number of benzene rings is 2. The van der Waals surface area contributed by atoms with E-state index in [2.05, 4.69) is 10.6 Å². The second kappa shape index (κ2) is 7.44. The highest BCUT2D eigenvalue weighted by Crippen LogP contribution is 2.33. The number of likely N-dealkylation sites (N-methyl/N-ethyl adjacent to an activating group) is 1. The van der Waals surface area contributed by atoms with Crippen molar-refractivity contribution in [2.75, 3.05) is 30.4 Å². The van der Waals surface area contributed by atoms with E-state index in [0.29, 0.717) is 23.0 Å². The Hall–Kier alpha value is -2.73. The summed E-state index contributed by atoms with van der Waals surface area (Å²) < 4.78 is 5.73. The molecule has 2 aromatic carbocycles. The number of nitrogens with zero attached hydrogens (tertiary/aromatic N) is 1. The van der Waals surface area contributed by atoms with Gasteiger partial charge in [0.1, 0.15) is 5.75 Å². The zero-order valence-electron chi connectivity index (χ0n) is 13.7. The Morgan fingerprint density at radius 1 is 1.24 bits per heavy atom. The maximum absolute atomic E-state index is 12.4. The first-order valence-electron chi connectivity index (χ1n) is 7.84. The third-order valence-corrected chi connectivity index (χ3v) is 4.08. The van der Waals surface area contributed by atoms with Gasteiger partial charge in [0.15, 0.2) is 6.10 Å². The minimum atomic E-state index is -0.668. The predicted molar refractivity (Wildman–Crippen MR) is 97.2 cm³/mol. The summed E-state index contributed by atoms with van der Waals surface area (Å²) in [5.41, 5.74) is 1.41. The molecule has 0 bridgehead atoms. The van der Waals surface area contributed by atoms with Gasteiger partial charge in [-0.25, -0.2) is 0 Å². The van der Waals surface area contributed by atoms with E-state index in [1.807, 2.05) is 23.1 Å². The van der Waals surface area contributed by atoms with Crippen LogP contribution in [0, 0.1) is 0 Å². The smallest absolute Gasteiger partial charge is 0.262 e. The number of anilines is 2. The van der Waals surface area contributed by atoms with Gasteiger partial charge in [-0.15, -0.1) is 0 Å². The SMILES string of the molecule is CNC(=O)C1CN(CC(=O)Nc2cccc(Cl)c2)c2ccccc2O1. The van der Waals surface area contributed by atoms with Gasteiger partial charge in [-0.2, -0.15) is 0 Å². The van der Waals surface area contributed by atoms with Gasteiger partial charge in [0, 0.05) is 17.8 Å². The van der Waals surface area contributed by atoms with E-state index in [9.17, 15) is 9.59 Å². The quantitative estimate of drug-likeness (QED) is 0.878. The molecule has 0 fully saturated rings. The summed E-state index contributed by atoms with van der Waals surface area (Å²) >= 11 is 5.93. The zero-order valence-corrected chi connectivity index (χ0v) is 14.4. The fourth-order valence-electron chi connectivity index (χ4n) is 2.69. The Labute approximate surface area is 150 Å². The first-order chi connectivity index (χ1) is 12.1. The first-order valence-corrected chi connectivity index (χ1v) is 8.22. The van der Waals surface area contributed by atoms with E-state index in [0.717, 1.165) is 5.69 Å². The molecule has 0 saturated heterocycles. The van der Waals surface area contributed by atoms with Crippen molar-refractivity contribution in [3.63, 3.8) is 0 Å². The van der Waals surface area contributed by atoms with Crippen molar-refractivity contribution in [1.82, 2.24) is 5.32 Å². The summed E-state index contributed by atoms with van der Waals surface area (Å²) in [5.74, 6) is 0.155. The molecular weight excluding hydrogens is 342 g/mol. The van der Waals surface area contributed by atoms with E-state index in [1.54, 1.807) is 37.4 Å². The lowest BCUT2D eigenvalue weighted by Crippen LogP contribution is -2.50. The maximum atomic E-state index is 12.4. The lowest BCUT2D eigenvalue weighted by atomic mass is 10.1. The number of rotatable bonds is 4. The van der Waals surface area contributed by atoms with Gasteiger partial charge in [0.25, 0.3) is 5.91 Å². The number of ether oxygens (including phenoxy) is 1. The predicted octanol–water partition coefficient (Wildman–Crippen LogP) is 2.29. The largest absolute Gasteiger partial charge is 0.477 e. The molecule has 0 saturated carbocycles. The summed E-state index contributed by atoms with van der Waals surface area (Å²) in [4.78, 5) is 26.2. The monoisotopic (exact) mass is 359 g/mol. The number of amides is 2. The van der Waals surface area contributed by atoms with Crippen LogP contribution in [0.4, 0.5) is 11.4 Å². The number of hydrogen-bond donors (Lipinski definition) is 2. The van der Waals surface area contributed by atoms with Crippen LogP contribution in [-0.2, 0) is 9.59 Å². The highest BCUT2D eigenvalue weighted by atomic mass is 35.5. The van der Waals surface area contributed by atoms with E-state index in [4.69, 9.17) is 16.3 Å². The van der Waals surface area contributed by atoms with Crippen molar-refractivity contribution in [2.24, 2.45) is 0 Å². The van der Waals surface area contributed by atoms with Crippen molar-refractivity contribution in [3.05, 3.63) is 53.6 Å². The number of nitrogens with one attached hydrogen (secondary N) is 2. The third-order valence-electron chi connectivity index (χ3n) is 3.84. The van der Waals surface area contributed by atoms with Crippen molar-refractivity contribution in [3.8, 4) is 5.75 Å². The Kier molecular flexibility index (Phi) is 5.09. The van der Waals surface area contributed by atoms with Gasteiger partial charge < -0.3 is 20.3 Å². The fourth-order valence-corrected chi connectivity index (χ4v) is 2.88. The summed E-state index contributed by atoms with van der Waals surface area (Å²) in [6.45, 7) is 0.389. The topological polar surface area (TPSA) is 70.7 Å². The van der Waals surface area contributed by atoms with Gasteiger partial charge in [0.2, 0.25) is 5.91 Å². The molecule has 1 aliphatic rings. The van der Waals surface area contributed by atoms with Crippen LogP contribution in [0.25, 0.3) is 0 Å². The second-order valence-corrected chi connectivity index (χ2v) is 6.06. The van der Waals surface area contributed by atoms with E-state index < -0.39 is 6.10 Å². The van der Waals surface area contributed by atoms with Gasteiger partial charge in [-0.1, -0.05) is 29.8 Å². The molecule has 1 unspecified atom stereocenters. The lowest BCUT2D eigenvalue weighted by molar-refractivity contribution is -0.127. The highest BCUT2D eigenvalue weighted by molar-refractivity contribution is 6.30. The van der Waals surface area contributed by atoms with Crippen LogP contribution in [0.5, 0.6) is 5.75 Å². The third kappa shape index (κ3) is 4.03. The van der Waals surface area contributed by atoms with Crippen molar-refractivity contribution in [2.45, 2.75) is 6.10 Å². The normalized spacial score (nSPS) is 15.8. The van der Waals surface area contributed by atoms with Crippen LogP contribution in [0.15, 0.2) is 48.5 Å². The van der Waals surface area contributed by atoms with Gasteiger partial charge in [0.05, 0.1) is 18.8 Å². The Morgan fingerprint density at radius 3 is 2.80 bits per heavy atom. The standard InChI is InChI=1S/C18H18ClN3O3/c1-20-18(24)16-10-22(14-7-2-3-8-15(14)25-16)11-17(23)21-13-6-4-5-12(19)9-13/h2-9,16H,10-11H2,1H3,(H,20,24)(H,21,23). The zero-order chi connectivity index (χ0) is 17.8. The average molecular weight is 360 g/mol. The molecule has 2 N–H and O–H groups in total. The minimum Gasteiger partial charge on any atom is -0.477 e. The molecular formula is C18H18ClN3O3. The lowest BCUT2D eigenvalue weighted by Gasteiger charge is -2.34. The van der Waals surface area contributed by atoms with Gasteiger partial charge >= 0.3 is 0 Å². The van der Waals surface area contributed by atoms with Crippen molar-refractivity contribution >= 4 is 34.8 Å². The van der Waals surface area contributed by atoms with Crippen molar-refractivity contribution < 1.29 is 14.3 Å². The van der Waals surface area contributed by atoms with Crippen LogP contribution in [-0.4, -0.2) is 38.1 Å². The highest BCUT2D eigenvalue weighted by Gasteiger charge is 2.30. The van der Waals surface area contributed by atoms with E-state index in [-0.39, 0.29) is 18.4 Å². The number of para-hydroxylation sites is 2. The summed E-state index contributed by atoms with van der Waals surface area (Å²) in [6, 6.07) is 14.3. The minimum absolute atomic E-state index is 0.0976. The molecule has 7 heteroatoms. The van der Waals surface area contributed by atoms with E-state index >= 15 is 0 Å². The summed E-state index contributed by atoms with van der Waals surface area (Å²) in [6.07, 6.45) is -0.668. The molecule has 3 rings (SSSR count). The molecule has 1 atom stereocenters. The van der Waals surface area contributed by atoms with Crippen LogP contribution < -0.4 is 20.3 Å². The molecule has 130 valence electrons. The van der Waals surface area contributed by atoms with Crippen LogP contribution in [0.1, 0.15) is 0 Å². The number of carbonyl (C=O) groups is 2. The van der Waals surface area contributed by atoms with Crippen molar-refractivity contribution in [1.29, 1.82) is 0 Å². The molecule has 1 aliphatic heterocycles. The van der Waals surface area contributed by atoms with Crippen LogP contribution in [0.2, 0.25) is 5.02 Å². The number of halogens is 1. The Morgan fingerprint density at radius 2 is 2.04 bits per heavy atom.